The fourth-order valence-corrected chi connectivity index (χ4v) is 2.68. The lowest BCUT2D eigenvalue weighted by molar-refractivity contribution is -0.0146. The largest absolute Gasteiger partial charge is 0.480 e. The number of nitrogens with one attached hydrogen (secondary N) is 1. The molecule has 1 aromatic rings. The molecule has 2 rings (SSSR count). The number of rotatable bonds is 5. The minimum Gasteiger partial charge on any atom is -0.480 e. The third-order valence-corrected chi connectivity index (χ3v) is 3.79. The van der Waals surface area contributed by atoms with Gasteiger partial charge in [0, 0.05) is 18.4 Å². The van der Waals surface area contributed by atoms with E-state index in [2.05, 4.69) is 22.2 Å². The average Bonchev–Trinajstić information content (AvgIpc) is 2.47. The first-order chi connectivity index (χ1) is 9.19. The average molecular weight is 265 g/mol. The van der Waals surface area contributed by atoms with E-state index in [1.807, 2.05) is 0 Å². The molecule has 0 bridgehead atoms. The highest BCUT2D eigenvalue weighted by molar-refractivity contribution is 5.25. The minimum atomic E-state index is -0.899. The lowest BCUT2D eigenvalue weighted by Crippen LogP contribution is -2.40. The lowest BCUT2D eigenvalue weighted by Gasteiger charge is -2.36. The van der Waals surface area contributed by atoms with Crippen LogP contribution in [0.4, 0.5) is 0 Å². The maximum Gasteiger partial charge on any atom is 0.238 e. The zero-order chi connectivity index (χ0) is 13.7. The minimum absolute atomic E-state index is 0.435. The van der Waals surface area contributed by atoms with Gasteiger partial charge in [-0.3, -0.25) is 4.98 Å². The van der Waals surface area contributed by atoms with E-state index in [0.29, 0.717) is 30.5 Å². The third kappa shape index (κ3) is 3.22. The van der Waals surface area contributed by atoms with Crippen LogP contribution in [0.5, 0.6) is 5.88 Å². The van der Waals surface area contributed by atoms with E-state index >= 15 is 0 Å². The molecule has 5 heteroatoms. The lowest BCUT2D eigenvalue weighted by atomic mass is 9.80. The molecule has 0 atom stereocenters. The Balaban J connectivity index is 2.05. The normalized spacial score (nSPS) is 27.2. The van der Waals surface area contributed by atoms with Crippen molar-refractivity contribution in [2.75, 3.05) is 13.7 Å². The van der Waals surface area contributed by atoms with Crippen molar-refractivity contribution in [2.24, 2.45) is 0 Å². The topological polar surface area (TPSA) is 67.3 Å². The molecule has 0 spiro atoms. The monoisotopic (exact) mass is 265 g/mol. The summed E-state index contributed by atoms with van der Waals surface area (Å²) in [6, 6.07) is 0.503. The Kier molecular flexibility index (Phi) is 4.71. The summed E-state index contributed by atoms with van der Waals surface area (Å²) in [5.74, 6) is 0.435. The number of aromatic nitrogens is 2. The standard InChI is InChI=1S/C14H23N3O2/c1-3-8-15-11-4-6-14(18,7-5-11)12-13(19-2)17-10-9-16-12/h9-11,15,18H,3-8H2,1-2H3. The Hall–Kier alpha value is -1.20. The third-order valence-electron chi connectivity index (χ3n) is 3.79. The van der Waals surface area contributed by atoms with Gasteiger partial charge in [0.05, 0.1) is 7.11 Å². The van der Waals surface area contributed by atoms with Crippen LogP contribution in [-0.2, 0) is 5.60 Å². The van der Waals surface area contributed by atoms with Crippen molar-refractivity contribution in [1.82, 2.24) is 15.3 Å². The van der Waals surface area contributed by atoms with E-state index in [1.165, 1.54) is 0 Å². The Labute approximate surface area is 114 Å². The van der Waals surface area contributed by atoms with Gasteiger partial charge in [-0.25, -0.2) is 4.98 Å². The summed E-state index contributed by atoms with van der Waals surface area (Å²) in [5, 5.41) is 14.3. The molecule has 106 valence electrons. The van der Waals surface area contributed by atoms with E-state index in [9.17, 15) is 5.11 Å². The molecule has 0 radical (unpaired) electrons. The van der Waals surface area contributed by atoms with Gasteiger partial charge in [0.15, 0.2) is 0 Å². The van der Waals surface area contributed by atoms with E-state index in [-0.39, 0.29) is 0 Å². The number of hydrogen-bond donors (Lipinski definition) is 2. The number of methoxy groups -OCH3 is 1. The van der Waals surface area contributed by atoms with Crippen LogP contribution >= 0.6 is 0 Å². The molecule has 0 aliphatic heterocycles. The molecule has 5 nitrogen and oxygen atoms in total. The fraction of sp³-hybridized carbons (Fsp3) is 0.714. The molecule has 2 N–H and O–H groups in total. The maximum atomic E-state index is 10.8. The number of nitrogens with zero attached hydrogens (tertiary/aromatic N) is 2. The zero-order valence-corrected chi connectivity index (χ0v) is 11.7. The number of aliphatic hydroxyl groups is 1. The molecule has 0 saturated heterocycles. The molecular weight excluding hydrogens is 242 g/mol. The second-order valence-corrected chi connectivity index (χ2v) is 5.17. The molecule has 19 heavy (non-hydrogen) atoms. The Bertz CT molecular complexity index is 403. The highest BCUT2D eigenvalue weighted by Gasteiger charge is 2.38. The van der Waals surface area contributed by atoms with Gasteiger partial charge >= 0.3 is 0 Å². The van der Waals surface area contributed by atoms with Crippen LogP contribution < -0.4 is 10.1 Å². The van der Waals surface area contributed by atoms with Crippen LogP contribution in [0.1, 0.15) is 44.7 Å². The fourth-order valence-electron chi connectivity index (χ4n) is 2.68. The van der Waals surface area contributed by atoms with Crippen molar-refractivity contribution >= 4 is 0 Å². The Morgan fingerprint density at radius 3 is 2.68 bits per heavy atom. The van der Waals surface area contributed by atoms with Gasteiger partial charge in [0.25, 0.3) is 0 Å². The summed E-state index contributed by atoms with van der Waals surface area (Å²) in [6.45, 7) is 3.20. The van der Waals surface area contributed by atoms with Gasteiger partial charge in [-0.2, -0.15) is 0 Å². The first-order valence-corrected chi connectivity index (χ1v) is 7.01. The van der Waals surface area contributed by atoms with E-state index in [4.69, 9.17) is 4.74 Å². The second-order valence-electron chi connectivity index (χ2n) is 5.17. The number of hydrogen-bond acceptors (Lipinski definition) is 5. The summed E-state index contributed by atoms with van der Waals surface area (Å²) < 4.78 is 5.21. The molecule has 0 amide bonds. The van der Waals surface area contributed by atoms with Crippen LogP contribution in [0.3, 0.4) is 0 Å². The molecule has 1 aliphatic rings. The van der Waals surface area contributed by atoms with Crippen LogP contribution in [0.2, 0.25) is 0 Å². The van der Waals surface area contributed by atoms with Gasteiger partial charge in [-0.05, 0) is 38.6 Å². The summed E-state index contributed by atoms with van der Waals surface area (Å²) in [5.41, 5.74) is -0.323. The summed E-state index contributed by atoms with van der Waals surface area (Å²) in [7, 11) is 1.56. The van der Waals surface area contributed by atoms with Gasteiger partial charge < -0.3 is 15.2 Å². The van der Waals surface area contributed by atoms with Crippen LogP contribution in [0.25, 0.3) is 0 Å². The summed E-state index contributed by atoms with van der Waals surface area (Å²) >= 11 is 0. The van der Waals surface area contributed by atoms with E-state index < -0.39 is 5.60 Å². The van der Waals surface area contributed by atoms with Crippen molar-refractivity contribution in [3.63, 3.8) is 0 Å². The van der Waals surface area contributed by atoms with Crippen molar-refractivity contribution in [3.8, 4) is 5.88 Å². The van der Waals surface area contributed by atoms with Crippen molar-refractivity contribution in [3.05, 3.63) is 18.1 Å². The Morgan fingerprint density at radius 2 is 2.05 bits per heavy atom. The molecule has 1 aliphatic carbocycles. The Morgan fingerprint density at radius 1 is 1.37 bits per heavy atom. The highest BCUT2D eigenvalue weighted by Crippen LogP contribution is 2.39. The van der Waals surface area contributed by atoms with Gasteiger partial charge in [0.1, 0.15) is 11.3 Å². The quantitative estimate of drug-likeness (QED) is 0.846. The molecule has 1 fully saturated rings. The first-order valence-electron chi connectivity index (χ1n) is 7.01. The molecule has 0 unspecified atom stereocenters. The predicted molar refractivity (Wildman–Crippen MR) is 73.0 cm³/mol. The smallest absolute Gasteiger partial charge is 0.238 e. The van der Waals surface area contributed by atoms with Crippen LogP contribution in [0, 0.1) is 0 Å². The van der Waals surface area contributed by atoms with Crippen molar-refractivity contribution in [2.45, 2.75) is 50.7 Å². The summed E-state index contributed by atoms with van der Waals surface area (Å²) in [6.07, 6.45) is 7.63. The summed E-state index contributed by atoms with van der Waals surface area (Å²) in [4.78, 5) is 8.40. The van der Waals surface area contributed by atoms with Gasteiger partial charge in [-0.1, -0.05) is 6.92 Å². The van der Waals surface area contributed by atoms with E-state index in [1.54, 1.807) is 19.5 Å². The SMILES string of the molecule is CCCNC1CCC(O)(c2nccnc2OC)CC1. The van der Waals surface area contributed by atoms with Crippen molar-refractivity contribution < 1.29 is 9.84 Å². The van der Waals surface area contributed by atoms with Crippen LogP contribution in [-0.4, -0.2) is 34.8 Å². The molecule has 1 heterocycles. The predicted octanol–water partition coefficient (Wildman–Crippen LogP) is 1.61. The van der Waals surface area contributed by atoms with Crippen molar-refractivity contribution in [1.29, 1.82) is 0 Å². The van der Waals surface area contributed by atoms with Gasteiger partial charge in [0.2, 0.25) is 5.88 Å². The molecular formula is C14H23N3O2. The highest BCUT2D eigenvalue weighted by atomic mass is 16.5. The van der Waals surface area contributed by atoms with Crippen LogP contribution in [0.15, 0.2) is 12.4 Å². The van der Waals surface area contributed by atoms with E-state index in [0.717, 1.165) is 25.8 Å². The zero-order valence-electron chi connectivity index (χ0n) is 11.7. The number of ether oxygens (including phenoxy) is 1. The maximum absolute atomic E-state index is 10.8. The van der Waals surface area contributed by atoms with Gasteiger partial charge in [-0.15, -0.1) is 0 Å². The first kappa shape index (κ1) is 14.2. The second kappa shape index (κ2) is 6.30. The molecule has 1 aromatic heterocycles. The molecule has 1 saturated carbocycles. The molecule has 0 aromatic carbocycles.